The third kappa shape index (κ3) is 3.81. The van der Waals surface area contributed by atoms with Crippen molar-refractivity contribution in [2.75, 3.05) is 6.54 Å². The molecule has 0 spiro atoms. The number of rotatable bonds is 6. The number of nitrogens with one attached hydrogen (secondary N) is 1. The van der Waals surface area contributed by atoms with Gasteiger partial charge in [-0.3, -0.25) is 4.68 Å². The molecular weight excluding hydrogens is 292 g/mol. The van der Waals surface area contributed by atoms with Crippen molar-refractivity contribution >= 4 is 22.9 Å². The summed E-state index contributed by atoms with van der Waals surface area (Å²) in [5.74, 6) is 0.659. The van der Waals surface area contributed by atoms with Crippen LogP contribution in [-0.4, -0.2) is 21.3 Å². The Morgan fingerprint density at radius 3 is 2.75 bits per heavy atom. The molecule has 2 heterocycles. The molecule has 2 aromatic heterocycles. The number of aryl methyl sites for hydroxylation is 1. The number of aromatic nitrogens is 3. The average Bonchev–Trinajstić information content (AvgIpc) is 2.91. The molecule has 0 amide bonds. The molecule has 2 aromatic rings. The smallest absolute Gasteiger partial charge is 0.107 e. The topological polar surface area (TPSA) is 42.7 Å². The quantitative estimate of drug-likeness (QED) is 0.889. The van der Waals surface area contributed by atoms with Crippen LogP contribution in [0.2, 0.25) is 5.02 Å². The van der Waals surface area contributed by atoms with Crippen LogP contribution in [0.3, 0.4) is 0 Å². The highest BCUT2D eigenvalue weighted by Crippen LogP contribution is 2.20. The van der Waals surface area contributed by atoms with Crippen molar-refractivity contribution in [3.05, 3.63) is 32.5 Å². The van der Waals surface area contributed by atoms with E-state index in [0.29, 0.717) is 12.5 Å². The molecule has 2 rings (SSSR count). The Balaban J connectivity index is 1.97. The lowest BCUT2D eigenvalue weighted by Gasteiger charge is -2.04. The van der Waals surface area contributed by atoms with Crippen molar-refractivity contribution in [3.8, 4) is 0 Å². The number of hydrogen-bond acceptors (Lipinski definition) is 4. The van der Waals surface area contributed by atoms with E-state index in [1.54, 1.807) is 11.3 Å². The van der Waals surface area contributed by atoms with Crippen LogP contribution >= 0.6 is 22.9 Å². The molecular formula is C14H21ClN4S. The summed E-state index contributed by atoms with van der Waals surface area (Å²) in [4.78, 5) is 4.63. The molecule has 0 radical (unpaired) electrons. The van der Waals surface area contributed by atoms with Gasteiger partial charge in [-0.1, -0.05) is 25.4 Å². The van der Waals surface area contributed by atoms with Crippen LogP contribution in [0.4, 0.5) is 0 Å². The molecule has 0 aromatic carbocycles. The van der Waals surface area contributed by atoms with Gasteiger partial charge in [0.1, 0.15) is 5.01 Å². The summed E-state index contributed by atoms with van der Waals surface area (Å²) in [6.45, 7) is 10.8. The second-order valence-electron chi connectivity index (χ2n) is 5.40. The second-order valence-corrected chi connectivity index (χ2v) is 6.72. The van der Waals surface area contributed by atoms with Gasteiger partial charge in [0.15, 0.2) is 0 Å². The molecule has 0 aliphatic carbocycles. The first-order chi connectivity index (χ1) is 9.47. The lowest BCUT2D eigenvalue weighted by molar-refractivity contribution is 0.550. The Hall–Kier alpha value is -0.910. The van der Waals surface area contributed by atoms with Crippen molar-refractivity contribution < 1.29 is 0 Å². The fourth-order valence-corrected chi connectivity index (χ4v) is 2.84. The van der Waals surface area contributed by atoms with Gasteiger partial charge in [0.25, 0.3) is 0 Å². The molecule has 0 saturated heterocycles. The van der Waals surface area contributed by atoms with Crippen LogP contribution in [0, 0.1) is 19.8 Å². The summed E-state index contributed by atoms with van der Waals surface area (Å²) in [7, 11) is 0. The molecule has 0 aliphatic rings. The first kappa shape index (κ1) is 15.5. The zero-order chi connectivity index (χ0) is 14.7. The maximum absolute atomic E-state index is 6.16. The predicted octanol–water partition coefficient (Wildman–Crippen LogP) is 3.40. The summed E-state index contributed by atoms with van der Waals surface area (Å²) in [6, 6.07) is 0. The molecule has 0 aliphatic heterocycles. The Morgan fingerprint density at radius 1 is 1.40 bits per heavy atom. The number of nitrogens with zero attached hydrogens (tertiary/aromatic N) is 3. The molecule has 110 valence electrons. The van der Waals surface area contributed by atoms with E-state index in [4.69, 9.17) is 11.6 Å². The highest BCUT2D eigenvalue weighted by Gasteiger charge is 2.11. The fourth-order valence-electron chi connectivity index (χ4n) is 1.95. The summed E-state index contributed by atoms with van der Waals surface area (Å²) < 4.78 is 1.91. The summed E-state index contributed by atoms with van der Waals surface area (Å²) in [5.41, 5.74) is 2.91. The third-order valence-electron chi connectivity index (χ3n) is 3.03. The predicted molar refractivity (Wildman–Crippen MR) is 84.5 cm³/mol. The van der Waals surface area contributed by atoms with Crippen LogP contribution in [0.1, 0.15) is 35.9 Å². The number of thiazole rings is 1. The van der Waals surface area contributed by atoms with Crippen LogP contribution < -0.4 is 5.32 Å². The largest absolute Gasteiger partial charge is 0.310 e. The molecule has 0 saturated carbocycles. The van der Waals surface area contributed by atoms with E-state index in [0.717, 1.165) is 40.2 Å². The van der Waals surface area contributed by atoms with Gasteiger partial charge in [-0.25, -0.2) is 4.98 Å². The van der Waals surface area contributed by atoms with E-state index in [1.165, 1.54) is 0 Å². The van der Waals surface area contributed by atoms with Gasteiger partial charge in [0.05, 0.1) is 28.6 Å². The van der Waals surface area contributed by atoms with Crippen molar-refractivity contribution in [1.82, 2.24) is 20.1 Å². The van der Waals surface area contributed by atoms with E-state index in [2.05, 4.69) is 34.6 Å². The molecule has 0 fully saturated rings. The average molecular weight is 313 g/mol. The molecule has 0 unspecified atom stereocenters. The summed E-state index contributed by atoms with van der Waals surface area (Å²) >= 11 is 7.85. The standard InChI is InChI=1S/C14H21ClN4S/c1-9(2)5-16-6-13-17-12(8-20-13)7-19-11(4)14(15)10(3)18-19/h8-9,16H,5-7H2,1-4H3. The van der Waals surface area contributed by atoms with Crippen molar-refractivity contribution in [3.63, 3.8) is 0 Å². The SMILES string of the molecule is Cc1nn(Cc2csc(CNCC(C)C)n2)c(C)c1Cl. The molecule has 20 heavy (non-hydrogen) atoms. The minimum Gasteiger partial charge on any atom is -0.310 e. The van der Waals surface area contributed by atoms with E-state index in [1.807, 2.05) is 18.5 Å². The molecule has 4 nitrogen and oxygen atoms in total. The van der Waals surface area contributed by atoms with Gasteiger partial charge in [-0.15, -0.1) is 11.3 Å². The zero-order valence-corrected chi connectivity index (χ0v) is 14.0. The highest BCUT2D eigenvalue weighted by molar-refractivity contribution is 7.09. The number of halogens is 1. The third-order valence-corrected chi connectivity index (χ3v) is 4.48. The molecule has 6 heteroatoms. The van der Waals surface area contributed by atoms with E-state index < -0.39 is 0 Å². The van der Waals surface area contributed by atoms with Crippen LogP contribution in [0.25, 0.3) is 0 Å². The molecule has 0 atom stereocenters. The Bertz CT molecular complexity index is 574. The second kappa shape index (κ2) is 6.70. The van der Waals surface area contributed by atoms with Gasteiger partial charge >= 0.3 is 0 Å². The monoisotopic (exact) mass is 312 g/mol. The van der Waals surface area contributed by atoms with Crippen LogP contribution in [0.5, 0.6) is 0 Å². The normalized spacial score (nSPS) is 11.5. The lowest BCUT2D eigenvalue weighted by atomic mass is 10.2. The van der Waals surface area contributed by atoms with Gasteiger partial charge in [0.2, 0.25) is 0 Å². The lowest BCUT2D eigenvalue weighted by Crippen LogP contribution is -2.18. The van der Waals surface area contributed by atoms with Gasteiger partial charge < -0.3 is 5.32 Å². The molecule has 0 bridgehead atoms. The summed E-state index contributed by atoms with van der Waals surface area (Å²) in [6.07, 6.45) is 0. The Labute approximate surface area is 129 Å². The zero-order valence-electron chi connectivity index (χ0n) is 12.4. The van der Waals surface area contributed by atoms with Gasteiger partial charge in [-0.2, -0.15) is 5.10 Å². The van der Waals surface area contributed by atoms with Crippen molar-refractivity contribution in [2.24, 2.45) is 5.92 Å². The molecule has 1 N–H and O–H groups in total. The fraction of sp³-hybridized carbons (Fsp3) is 0.571. The highest BCUT2D eigenvalue weighted by atomic mass is 35.5. The first-order valence-corrected chi connectivity index (χ1v) is 8.06. The first-order valence-electron chi connectivity index (χ1n) is 6.81. The van der Waals surface area contributed by atoms with E-state index in [-0.39, 0.29) is 0 Å². The minimum atomic E-state index is 0.659. The van der Waals surface area contributed by atoms with Crippen molar-refractivity contribution in [1.29, 1.82) is 0 Å². The van der Waals surface area contributed by atoms with E-state index in [9.17, 15) is 0 Å². The Morgan fingerprint density at radius 2 is 2.15 bits per heavy atom. The maximum atomic E-state index is 6.16. The van der Waals surface area contributed by atoms with E-state index >= 15 is 0 Å². The summed E-state index contributed by atoms with van der Waals surface area (Å²) in [5, 5.41) is 11.8. The van der Waals surface area contributed by atoms with Crippen LogP contribution in [-0.2, 0) is 13.1 Å². The van der Waals surface area contributed by atoms with Gasteiger partial charge in [-0.05, 0) is 26.3 Å². The minimum absolute atomic E-state index is 0.659. The number of hydrogen-bond donors (Lipinski definition) is 1. The van der Waals surface area contributed by atoms with Crippen LogP contribution in [0.15, 0.2) is 5.38 Å². The Kier molecular flexibility index (Phi) is 5.18. The maximum Gasteiger partial charge on any atom is 0.107 e. The van der Waals surface area contributed by atoms with Gasteiger partial charge in [0, 0.05) is 11.9 Å². The van der Waals surface area contributed by atoms with Crippen molar-refractivity contribution in [2.45, 2.75) is 40.8 Å².